The molecule has 8 heteroatoms. The van der Waals surface area contributed by atoms with E-state index in [9.17, 15) is 25.4 Å². The van der Waals surface area contributed by atoms with E-state index in [0.29, 0.717) is 31.2 Å². The number of aromatic nitrogens is 1. The Morgan fingerprint density at radius 1 is 1.36 bits per heavy atom. The summed E-state index contributed by atoms with van der Waals surface area (Å²) in [5, 5.41) is 41.7. The van der Waals surface area contributed by atoms with E-state index in [0.717, 1.165) is 5.57 Å². The van der Waals surface area contributed by atoms with E-state index < -0.39 is 28.3 Å². The molecule has 0 radical (unpaired) electrons. The average Bonchev–Trinajstić information content (AvgIpc) is 3.08. The average molecular weight is 399 g/mol. The van der Waals surface area contributed by atoms with Crippen molar-refractivity contribution in [3.8, 4) is 0 Å². The van der Waals surface area contributed by atoms with Gasteiger partial charge in [0.2, 0.25) is 0 Å². The fourth-order valence-corrected chi connectivity index (χ4v) is 2.82. The van der Waals surface area contributed by atoms with Gasteiger partial charge in [0.15, 0.2) is 0 Å². The molecule has 0 aliphatic carbocycles. The molecule has 0 spiro atoms. The van der Waals surface area contributed by atoms with E-state index in [1.807, 2.05) is 26.8 Å². The van der Waals surface area contributed by atoms with Crippen LogP contribution in [0, 0.1) is 10.1 Å². The molecule has 1 rings (SSSR count). The largest absolute Gasteiger partial charge is 0.390 e. The topological polar surface area (TPSA) is 129 Å². The molecule has 4 N–H and O–H groups in total. The fraction of sp³-hybridized carbons (Fsp3) is 0.700. The number of H-pyrrole nitrogens is 1. The summed E-state index contributed by atoms with van der Waals surface area (Å²) in [6.45, 7) is 7.21. The van der Waals surface area contributed by atoms with Crippen molar-refractivity contribution in [2.45, 2.75) is 83.2 Å². The maximum absolute atomic E-state index is 10.7. The van der Waals surface area contributed by atoms with Crippen LogP contribution < -0.4 is 0 Å². The van der Waals surface area contributed by atoms with Gasteiger partial charge in [-0.2, -0.15) is 0 Å². The van der Waals surface area contributed by atoms with Crippen molar-refractivity contribution in [2.24, 2.45) is 0 Å². The zero-order valence-electron chi connectivity index (χ0n) is 17.4. The van der Waals surface area contributed by atoms with Crippen molar-refractivity contribution in [3.05, 3.63) is 39.6 Å². The summed E-state index contributed by atoms with van der Waals surface area (Å²) in [5.74, 6) is -0.140. The van der Waals surface area contributed by atoms with E-state index in [1.54, 1.807) is 14.0 Å². The van der Waals surface area contributed by atoms with Crippen LogP contribution in [-0.4, -0.2) is 55.7 Å². The molecule has 160 valence electrons. The molecule has 0 bridgehead atoms. The monoisotopic (exact) mass is 398 g/mol. The number of nitrogens with one attached hydrogen (secondary N) is 1. The molecule has 0 fully saturated rings. The van der Waals surface area contributed by atoms with Crippen molar-refractivity contribution in [2.75, 3.05) is 7.11 Å². The highest BCUT2D eigenvalue weighted by molar-refractivity contribution is 5.27. The first-order chi connectivity index (χ1) is 12.9. The first-order valence-electron chi connectivity index (χ1n) is 9.50. The number of methoxy groups -OCH3 is 1. The van der Waals surface area contributed by atoms with Crippen LogP contribution in [0.15, 0.2) is 23.9 Å². The van der Waals surface area contributed by atoms with Crippen LogP contribution in [0.4, 0.5) is 5.82 Å². The highest BCUT2D eigenvalue weighted by Gasteiger charge is 2.30. The Hall–Kier alpha value is -1.74. The molecule has 0 amide bonds. The Labute approximate surface area is 166 Å². The van der Waals surface area contributed by atoms with Crippen molar-refractivity contribution in [1.29, 1.82) is 0 Å². The number of ether oxygens (including phenoxy) is 1. The summed E-state index contributed by atoms with van der Waals surface area (Å²) in [5.41, 5.74) is -0.250. The zero-order valence-corrected chi connectivity index (χ0v) is 17.4. The number of allylic oxidation sites excluding steroid dienone is 2. The van der Waals surface area contributed by atoms with Crippen LogP contribution in [0.1, 0.15) is 58.9 Å². The number of rotatable bonds is 12. The third kappa shape index (κ3) is 7.35. The molecule has 0 saturated carbocycles. The molecular weight excluding hydrogens is 364 g/mol. The second-order valence-corrected chi connectivity index (χ2v) is 8.18. The van der Waals surface area contributed by atoms with Gasteiger partial charge in [-0.05, 0) is 58.3 Å². The van der Waals surface area contributed by atoms with Crippen LogP contribution in [0.3, 0.4) is 0 Å². The van der Waals surface area contributed by atoms with Gasteiger partial charge in [0, 0.05) is 25.2 Å². The van der Waals surface area contributed by atoms with Gasteiger partial charge < -0.3 is 30.2 Å². The second-order valence-electron chi connectivity index (χ2n) is 8.18. The summed E-state index contributed by atoms with van der Waals surface area (Å²) < 4.78 is 5.28. The standard InChI is InChI=1S/C20H34N2O6/c1-14(8-9-16(23)19(2,3)28-5)7-6-10-20(4,25)17(24)11-15-12-18(21-13-15)22(26)27/h7,12-13,16-17,21,23-25H,6,8-11H2,1-5H3/b14-7+/t16-,17+,20-/m0/s1. The predicted molar refractivity (Wildman–Crippen MR) is 107 cm³/mol. The molecule has 1 aromatic rings. The molecule has 0 aromatic carbocycles. The summed E-state index contributed by atoms with van der Waals surface area (Å²) in [7, 11) is 1.57. The molecule has 0 saturated heterocycles. The summed E-state index contributed by atoms with van der Waals surface area (Å²) in [6.07, 6.45) is 4.19. The van der Waals surface area contributed by atoms with Crippen molar-refractivity contribution < 1.29 is 25.0 Å². The molecule has 3 atom stereocenters. The number of aliphatic hydroxyl groups is 3. The van der Waals surface area contributed by atoms with Crippen LogP contribution in [-0.2, 0) is 11.2 Å². The third-order valence-corrected chi connectivity index (χ3v) is 5.36. The summed E-state index contributed by atoms with van der Waals surface area (Å²) in [4.78, 5) is 12.7. The van der Waals surface area contributed by atoms with Crippen molar-refractivity contribution >= 4 is 5.82 Å². The van der Waals surface area contributed by atoms with Gasteiger partial charge in [-0.15, -0.1) is 0 Å². The fourth-order valence-electron chi connectivity index (χ4n) is 2.82. The van der Waals surface area contributed by atoms with Crippen LogP contribution in [0.5, 0.6) is 0 Å². The van der Waals surface area contributed by atoms with Crippen molar-refractivity contribution in [1.82, 2.24) is 4.98 Å². The Balaban J connectivity index is 2.50. The van der Waals surface area contributed by atoms with Crippen LogP contribution in [0.2, 0.25) is 0 Å². The quantitative estimate of drug-likeness (QED) is 0.243. The molecular formula is C20H34N2O6. The highest BCUT2D eigenvalue weighted by Crippen LogP contribution is 2.24. The van der Waals surface area contributed by atoms with Gasteiger partial charge in [-0.1, -0.05) is 11.6 Å². The highest BCUT2D eigenvalue weighted by atomic mass is 16.6. The SMILES string of the molecule is COC(C)(C)[C@@H](O)CC/C(C)=C/CC[C@](C)(O)[C@H](O)Cc1c[nH]c([N+](=O)[O-])c1. The van der Waals surface area contributed by atoms with Gasteiger partial charge in [-0.25, -0.2) is 4.98 Å². The molecule has 8 nitrogen and oxygen atoms in total. The maximum atomic E-state index is 10.7. The van der Waals surface area contributed by atoms with Crippen molar-refractivity contribution in [3.63, 3.8) is 0 Å². The molecule has 0 unspecified atom stereocenters. The number of hydrogen-bond acceptors (Lipinski definition) is 6. The number of hydrogen-bond donors (Lipinski definition) is 4. The predicted octanol–water partition coefficient (Wildman–Crippen LogP) is 2.87. The van der Waals surface area contributed by atoms with E-state index in [1.165, 1.54) is 12.3 Å². The Morgan fingerprint density at radius 2 is 2.00 bits per heavy atom. The zero-order chi connectivity index (χ0) is 21.5. The van der Waals surface area contributed by atoms with E-state index in [2.05, 4.69) is 4.98 Å². The first kappa shape index (κ1) is 24.3. The minimum absolute atomic E-state index is 0.123. The lowest BCUT2D eigenvalue weighted by atomic mass is 9.89. The normalized spacial score (nSPS) is 17.2. The number of nitrogens with zero attached hydrogens (tertiary/aromatic N) is 1. The van der Waals surface area contributed by atoms with Gasteiger partial charge >= 0.3 is 5.82 Å². The Morgan fingerprint density at radius 3 is 2.54 bits per heavy atom. The summed E-state index contributed by atoms with van der Waals surface area (Å²) in [6, 6.07) is 1.36. The molecule has 28 heavy (non-hydrogen) atoms. The second kappa shape index (κ2) is 10.2. The number of aliphatic hydroxyl groups excluding tert-OH is 2. The minimum atomic E-state index is -1.32. The molecule has 1 aromatic heterocycles. The Bertz CT molecular complexity index is 665. The van der Waals surface area contributed by atoms with Gasteiger partial charge in [0.1, 0.15) is 0 Å². The van der Waals surface area contributed by atoms with E-state index in [4.69, 9.17) is 4.74 Å². The number of aromatic amines is 1. The van der Waals surface area contributed by atoms with Gasteiger partial charge in [0.25, 0.3) is 0 Å². The minimum Gasteiger partial charge on any atom is -0.390 e. The van der Waals surface area contributed by atoms with E-state index in [-0.39, 0.29) is 12.2 Å². The van der Waals surface area contributed by atoms with E-state index >= 15 is 0 Å². The number of nitro groups is 1. The van der Waals surface area contributed by atoms with Crippen LogP contribution in [0.25, 0.3) is 0 Å². The molecule has 0 aliphatic rings. The van der Waals surface area contributed by atoms with Gasteiger partial charge in [0.05, 0.1) is 29.6 Å². The molecule has 1 heterocycles. The lowest BCUT2D eigenvalue weighted by Crippen LogP contribution is -2.40. The third-order valence-electron chi connectivity index (χ3n) is 5.36. The van der Waals surface area contributed by atoms with Gasteiger partial charge in [-0.3, -0.25) is 0 Å². The first-order valence-corrected chi connectivity index (χ1v) is 9.50. The molecule has 0 aliphatic heterocycles. The lowest BCUT2D eigenvalue weighted by Gasteiger charge is -2.29. The van der Waals surface area contributed by atoms with Crippen LogP contribution >= 0.6 is 0 Å². The maximum Gasteiger partial charge on any atom is 0.321 e. The smallest absolute Gasteiger partial charge is 0.321 e. The Kier molecular flexibility index (Phi) is 8.81. The summed E-state index contributed by atoms with van der Waals surface area (Å²) >= 11 is 0. The lowest BCUT2D eigenvalue weighted by molar-refractivity contribution is -0.389.